The Morgan fingerprint density at radius 2 is 1.81 bits per heavy atom. The number of nitrogens with zero attached hydrogens (tertiary/aromatic N) is 1. The van der Waals surface area contributed by atoms with Crippen LogP contribution in [0.25, 0.3) is 0 Å². The maximum absolute atomic E-state index is 12.4. The summed E-state index contributed by atoms with van der Waals surface area (Å²) in [5.41, 5.74) is 1.84. The summed E-state index contributed by atoms with van der Waals surface area (Å²) in [7, 11) is 0. The monoisotopic (exact) mass is 292 g/mol. The van der Waals surface area contributed by atoms with E-state index in [0.29, 0.717) is 5.92 Å². The summed E-state index contributed by atoms with van der Waals surface area (Å²) in [6, 6.07) is 7.34. The molecule has 5 nitrogen and oxygen atoms in total. The van der Waals surface area contributed by atoms with Gasteiger partial charge in [-0.25, -0.2) is 4.79 Å². The van der Waals surface area contributed by atoms with Crippen molar-refractivity contribution in [1.82, 2.24) is 4.90 Å². The number of benzene rings is 1. The molecule has 0 aliphatic rings. The topological polar surface area (TPSA) is 69.6 Å². The minimum atomic E-state index is -0.906. The number of nitrogens with one attached hydrogen (secondary N) is 1. The Hall–Kier alpha value is -2.04. The van der Waals surface area contributed by atoms with Crippen LogP contribution in [-0.2, 0) is 4.79 Å². The number of anilines is 1. The molecule has 1 rings (SSSR count). The molecule has 0 spiro atoms. The molecule has 0 bridgehead atoms. The molecule has 0 heterocycles. The normalized spacial score (nSPS) is 10.8. The number of carboxylic acids is 1. The van der Waals surface area contributed by atoms with Gasteiger partial charge in [-0.2, -0.15) is 0 Å². The van der Waals surface area contributed by atoms with Crippen LogP contribution in [0.4, 0.5) is 10.5 Å². The van der Waals surface area contributed by atoms with Crippen LogP contribution in [0.3, 0.4) is 0 Å². The zero-order valence-corrected chi connectivity index (χ0v) is 13.1. The maximum Gasteiger partial charge on any atom is 0.322 e. The van der Waals surface area contributed by atoms with Crippen molar-refractivity contribution in [3.8, 4) is 0 Å². The van der Waals surface area contributed by atoms with E-state index in [2.05, 4.69) is 19.2 Å². The van der Waals surface area contributed by atoms with Crippen molar-refractivity contribution in [3.05, 3.63) is 29.8 Å². The lowest BCUT2D eigenvalue weighted by Gasteiger charge is -2.27. The van der Waals surface area contributed by atoms with Gasteiger partial charge in [0, 0.05) is 18.3 Å². The first-order valence-electron chi connectivity index (χ1n) is 7.21. The van der Waals surface area contributed by atoms with E-state index in [1.807, 2.05) is 38.1 Å². The molecule has 0 unspecified atom stereocenters. The standard InChI is InChI=1S/C16H24N2O3/c1-11(2)13-7-5-6-8-14(13)17-16(21)18(12(3)4)10-9-15(19)20/h5-8,11-12H,9-10H2,1-4H3,(H,17,21)(H,19,20). The van der Waals surface area contributed by atoms with E-state index in [1.165, 1.54) is 4.90 Å². The number of carbonyl (C=O) groups is 2. The second kappa shape index (κ2) is 7.67. The number of amides is 2. The molecule has 5 heteroatoms. The van der Waals surface area contributed by atoms with E-state index in [9.17, 15) is 9.59 Å². The van der Waals surface area contributed by atoms with E-state index in [1.54, 1.807) is 0 Å². The van der Waals surface area contributed by atoms with E-state index in [-0.39, 0.29) is 25.0 Å². The predicted octanol–water partition coefficient (Wildman–Crippen LogP) is 3.53. The van der Waals surface area contributed by atoms with Gasteiger partial charge in [-0.3, -0.25) is 4.79 Å². The molecule has 0 saturated heterocycles. The van der Waals surface area contributed by atoms with Crippen LogP contribution in [0.2, 0.25) is 0 Å². The Balaban J connectivity index is 2.84. The Morgan fingerprint density at radius 3 is 2.33 bits per heavy atom. The van der Waals surface area contributed by atoms with Crippen molar-refractivity contribution in [2.75, 3.05) is 11.9 Å². The number of aliphatic carboxylic acids is 1. The van der Waals surface area contributed by atoms with Crippen LogP contribution in [0.5, 0.6) is 0 Å². The number of carbonyl (C=O) groups excluding carboxylic acids is 1. The highest BCUT2D eigenvalue weighted by molar-refractivity contribution is 5.90. The Labute approximate surface area is 126 Å². The number of urea groups is 1. The highest BCUT2D eigenvalue weighted by Crippen LogP contribution is 2.24. The van der Waals surface area contributed by atoms with Gasteiger partial charge in [0.05, 0.1) is 6.42 Å². The zero-order chi connectivity index (χ0) is 16.0. The second-order valence-electron chi connectivity index (χ2n) is 5.60. The van der Waals surface area contributed by atoms with Crippen molar-refractivity contribution in [2.45, 2.75) is 46.1 Å². The summed E-state index contributed by atoms with van der Waals surface area (Å²) in [5.74, 6) is -0.607. The molecule has 1 aromatic carbocycles. The summed E-state index contributed by atoms with van der Waals surface area (Å²) >= 11 is 0. The van der Waals surface area contributed by atoms with Gasteiger partial charge in [0.2, 0.25) is 0 Å². The predicted molar refractivity (Wildman–Crippen MR) is 83.6 cm³/mol. The summed E-state index contributed by atoms with van der Waals surface area (Å²) in [5, 5.41) is 11.7. The molecule has 1 aromatic rings. The number of para-hydroxylation sites is 1. The average Bonchev–Trinajstić information content (AvgIpc) is 2.38. The van der Waals surface area contributed by atoms with Crippen LogP contribution in [0.1, 0.15) is 45.6 Å². The first-order chi connectivity index (χ1) is 9.82. The fraction of sp³-hybridized carbons (Fsp3) is 0.500. The molecule has 116 valence electrons. The summed E-state index contributed by atoms with van der Waals surface area (Å²) in [6.45, 7) is 8.07. The van der Waals surface area contributed by atoms with Crippen molar-refractivity contribution < 1.29 is 14.7 Å². The zero-order valence-electron chi connectivity index (χ0n) is 13.1. The summed E-state index contributed by atoms with van der Waals surface area (Å²) in [6.07, 6.45) is -0.0581. The third kappa shape index (κ3) is 5.10. The molecule has 21 heavy (non-hydrogen) atoms. The van der Waals surface area contributed by atoms with Gasteiger partial charge in [0.1, 0.15) is 0 Å². The molecular formula is C16H24N2O3. The van der Waals surface area contributed by atoms with Crippen LogP contribution in [0, 0.1) is 0 Å². The van der Waals surface area contributed by atoms with Gasteiger partial charge >= 0.3 is 12.0 Å². The van der Waals surface area contributed by atoms with Gasteiger partial charge in [0.15, 0.2) is 0 Å². The third-order valence-electron chi connectivity index (χ3n) is 3.28. The molecule has 0 fully saturated rings. The molecular weight excluding hydrogens is 268 g/mol. The Bertz CT molecular complexity index is 498. The first-order valence-corrected chi connectivity index (χ1v) is 7.21. The van der Waals surface area contributed by atoms with E-state index in [4.69, 9.17) is 5.11 Å². The van der Waals surface area contributed by atoms with Crippen molar-refractivity contribution in [2.24, 2.45) is 0 Å². The van der Waals surface area contributed by atoms with Gasteiger partial charge in [-0.1, -0.05) is 32.0 Å². The van der Waals surface area contributed by atoms with Gasteiger partial charge in [-0.15, -0.1) is 0 Å². The molecule has 0 radical (unpaired) electrons. The van der Waals surface area contributed by atoms with Crippen LogP contribution in [0.15, 0.2) is 24.3 Å². The molecule has 0 atom stereocenters. The van der Waals surface area contributed by atoms with Gasteiger partial charge < -0.3 is 15.3 Å². The fourth-order valence-electron chi connectivity index (χ4n) is 2.11. The first kappa shape index (κ1) is 17.0. The lowest BCUT2D eigenvalue weighted by Crippen LogP contribution is -2.41. The third-order valence-corrected chi connectivity index (χ3v) is 3.28. The van der Waals surface area contributed by atoms with E-state index >= 15 is 0 Å². The van der Waals surface area contributed by atoms with Gasteiger partial charge in [0.25, 0.3) is 0 Å². The van der Waals surface area contributed by atoms with Crippen molar-refractivity contribution in [1.29, 1.82) is 0 Å². The average molecular weight is 292 g/mol. The van der Waals surface area contributed by atoms with Crippen LogP contribution in [-0.4, -0.2) is 34.6 Å². The van der Waals surface area contributed by atoms with E-state index in [0.717, 1.165) is 11.3 Å². The molecule has 0 aliphatic carbocycles. The highest BCUT2D eigenvalue weighted by Gasteiger charge is 2.19. The Morgan fingerprint density at radius 1 is 1.19 bits per heavy atom. The number of carboxylic acid groups (broad SMARTS) is 1. The largest absolute Gasteiger partial charge is 0.481 e. The molecule has 0 aliphatic heterocycles. The minimum absolute atomic E-state index is 0.0581. The number of rotatable bonds is 6. The maximum atomic E-state index is 12.4. The number of hydrogen-bond acceptors (Lipinski definition) is 2. The van der Waals surface area contributed by atoms with Crippen LogP contribution < -0.4 is 5.32 Å². The minimum Gasteiger partial charge on any atom is -0.481 e. The second-order valence-corrected chi connectivity index (χ2v) is 5.60. The lowest BCUT2D eigenvalue weighted by atomic mass is 10.0. The van der Waals surface area contributed by atoms with E-state index < -0.39 is 5.97 Å². The van der Waals surface area contributed by atoms with Gasteiger partial charge in [-0.05, 0) is 31.4 Å². The van der Waals surface area contributed by atoms with Crippen LogP contribution >= 0.6 is 0 Å². The molecule has 0 aromatic heterocycles. The molecule has 2 N–H and O–H groups in total. The summed E-state index contributed by atoms with van der Waals surface area (Å²) in [4.78, 5) is 24.6. The summed E-state index contributed by atoms with van der Waals surface area (Å²) < 4.78 is 0. The van der Waals surface area contributed by atoms with Crippen molar-refractivity contribution in [3.63, 3.8) is 0 Å². The SMILES string of the molecule is CC(C)c1ccccc1NC(=O)N(CCC(=O)O)C(C)C. The quantitative estimate of drug-likeness (QED) is 0.842. The number of hydrogen-bond donors (Lipinski definition) is 2. The highest BCUT2D eigenvalue weighted by atomic mass is 16.4. The fourth-order valence-corrected chi connectivity index (χ4v) is 2.11. The smallest absolute Gasteiger partial charge is 0.322 e. The lowest BCUT2D eigenvalue weighted by molar-refractivity contribution is -0.137. The molecule has 2 amide bonds. The Kier molecular flexibility index (Phi) is 6.21. The molecule has 0 saturated carbocycles. The van der Waals surface area contributed by atoms with Crippen molar-refractivity contribution >= 4 is 17.7 Å².